The average Bonchev–Trinajstić information content (AvgIpc) is 2.98. The summed E-state index contributed by atoms with van der Waals surface area (Å²) in [7, 11) is 0. The molecule has 3 rings (SSSR count). The first-order valence-corrected chi connectivity index (χ1v) is 9.26. The molecule has 0 fully saturated rings. The lowest BCUT2D eigenvalue weighted by atomic mass is 10.2. The van der Waals surface area contributed by atoms with Crippen LogP contribution in [0.5, 0.6) is 0 Å². The van der Waals surface area contributed by atoms with Crippen LogP contribution in [0.1, 0.15) is 11.8 Å². The molecule has 1 N–H and O–H groups in total. The second-order valence-electron chi connectivity index (χ2n) is 5.66. The summed E-state index contributed by atoms with van der Waals surface area (Å²) in [6, 6.07) is 13.4. The van der Waals surface area contributed by atoms with Gasteiger partial charge in [-0.1, -0.05) is 41.9 Å². The van der Waals surface area contributed by atoms with Crippen molar-refractivity contribution in [1.29, 1.82) is 0 Å². The Kier molecular flexibility index (Phi) is 5.88. The minimum absolute atomic E-state index is 0.0259. The fourth-order valence-electron chi connectivity index (χ4n) is 2.35. The third-order valence-electron chi connectivity index (χ3n) is 3.72. The van der Waals surface area contributed by atoms with Gasteiger partial charge in [-0.3, -0.25) is 4.79 Å². The molecule has 1 aromatic heterocycles. The Morgan fingerprint density at radius 1 is 1.19 bits per heavy atom. The summed E-state index contributed by atoms with van der Waals surface area (Å²) in [6.07, 6.45) is 1.68. The Labute approximate surface area is 164 Å². The second-order valence-corrected chi connectivity index (χ2v) is 7.12. The number of fused-ring (bicyclic) bond motifs is 1. The van der Waals surface area contributed by atoms with E-state index in [-0.39, 0.29) is 5.69 Å². The largest absolute Gasteiger partial charge is 0.449 e. The second kappa shape index (κ2) is 8.33. The van der Waals surface area contributed by atoms with Gasteiger partial charge in [-0.05, 0) is 31.2 Å². The van der Waals surface area contributed by atoms with Gasteiger partial charge in [0.1, 0.15) is 5.82 Å². The first-order chi connectivity index (χ1) is 13.0. The summed E-state index contributed by atoms with van der Waals surface area (Å²) < 4.78 is 19.6. The molecule has 1 atom stereocenters. The zero-order valence-electron chi connectivity index (χ0n) is 14.2. The number of hydrogen-bond donors (Lipinski definition) is 1. The number of esters is 1. The predicted octanol–water partition coefficient (Wildman–Crippen LogP) is 5.28. The Balaban J connectivity index is 1.62. The Morgan fingerprint density at radius 3 is 2.63 bits per heavy atom. The van der Waals surface area contributed by atoms with Crippen LogP contribution in [0.4, 0.5) is 10.1 Å². The molecule has 7 heteroatoms. The third-order valence-corrected chi connectivity index (χ3v) is 5.38. The normalized spacial score (nSPS) is 12.3. The maximum Gasteiger partial charge on any atom is 0.331 e. The smallest absolute Gasteiger partial charge is 0.331 e. The molecule has 4 nitrogen and oxygen atoms in total. The number of thiophene rings is 1. The Bertz CT molecular complexity index is 1030. The van der Waals surface area contributed by atoms with Crippen LogP contribution in [-0.2, 0) is 14.3 Å². The van der Waals surface area contributed by atoms with Crippen molar-refractivity contribution >= 4 is 56.7 Å². The number of nitrogens with one attached hydrogen (secondary N) is 1. The van der Waals surface area contributed by atoms with Gasteiger partial charge in [0.15, 0.2) is 6.10 Å². The van der Waals surface area contributed by atoms with Crippen molar-refractivity contribution in [1.82, 2.24) is 0 Å². The van der Waals surface area contributed by atoms with Crippen LogP contribution in [-0.4, -0.2) is 18.0 Å². The quantitative estimate of drug-likeness (QED) is 0.466. The summed E-state index contributed by atoms with van der Waals surface area (Å²) in [5.41, 5.74) is 0.0259. The van der Waals surface area contributed by atoms with Gasteiger partial charge in [0.25, 0.3) is 5.91 Å². The summed E-state index contributed by atoms with van der Waals surface area (Å²) >= 11 is 7.76. The number of ether oxygens (including phenoxy) is 1. The van der Waals surface area contributed by atoms with Gasteiger partial charge in [-0.2, -0.15) is 0 Å². The molecule has 0 bridgehead atoms. The lowest BCUT2D eigenvalue weighted by molar-refractivity contribution is -0.148. The molecule has 2 aromatic carbocycles. The van der Waals surface area contributed by atoms with Gasteiger partial charge in [0.05, 0.1) is 10.7 Å². The summed E-state index contributed by atoms with van der Waals surface area (Å²) in [6.45, 7) is 1.41. The Hall–Kier alpha value is -2.70. The molecule has 0 saturated heterocycles. The van der Waals surface area contributed by atoms with Crippen LogP contribution in [0.25, 0.3) is 16.2 Å². The summed E-state index contributed by atoms with van der Waals surface area (Å²) in [4.78, 5) is 24.7. The van der Waals surface area contributed by atoms with Crippen LogP contribution < -0.4 is 5.32 Å². The molecule has 1 heterocycles. The van der Waals surface area contributed by atoms with Gasteiger partial charge >= 0.3 is 5.97 Å². The molecule has 0 aliphatic heterocycles. The molecule has 0 radical (unpaired) electrons. The number of para-hydroxylation sites is 1. The highest BCUT2D eigenvalue weighted by Crippen LogP contribution is 2.35. The lowest BCUT2D eigenvalue weighted by Crippen LogP contribution is -2.29. The van der Waals surface area contributed by atoms with Crippen LogP contribution >= 0.6 is 22.9 Å². The zero-order chi connectivity index (χ0) is 19.4. The maximum absolute atomic E-state index is 13.6. The van der Waals surface area contributed by atoms with E-state index in [1.54, 1.807) is 12.1 Å². The molecule has 0 aliphatic rings. The fraction of sp³-hybridized carbons (Fsp3) is 0.100. The monoisotopic (exact) mass is 403 g/mol. The molecule has 27 heavy (non-hydrogen) atoms. The van der Waals surface area contributed by atoms with Crippen molar-refractivity contribution in [3.63, 3.8) is 0 Å². The number of halogens is 2. The third kappa shape index (κ3) is 4.53. The average molecular weight is 404 g/mol. The first-order valence-electron chi connectivity index (χ1n) is 8.07. The van der Waals surface area contributed by atoms with Crippen molar-refractivity contribution < 1.29 is 18.7 Å². The van der Waals surface area contributed by atoms with Crippen molar-refractivity contribution in [2.24, 2.45) is 0 Å². The van der Waals surface area contributed by atoms with Crippen molar-refractivity contribution in [2.45, 2.75) is 13.0 Å². The van der Waals surface area contributed by atoms with Crippen LogP contribution in [0, 0.1) is 5.82 Å². The van der Waals surface area contributed by atoms with Crippen molar-refractivity contribution in [3.8, 4) is 0 Å². The predicted molar refractivity (Wildman–Crippen MR) is 106 cm³/mol. The summed E-state index contributed by atoms with van der Waals surface area (Å²) in [5, 5.41) is 3.85. The highest BCUT2D eigenvalue weighted by Gasteiger charge is 2.18. The molecule has 0 saturated carbocycles. The number of carbonyl (C=O) groups excluding carboxylic acids is 2. The number of anilines is 1. The molecule has 3 aromatic rings. The summed E-state index contributed by atoms with van der Waals surface area (Å²) in [5.74, 6) is -1.88. The number of rotatable bonds is 5. The number of benzene rings is 2. The number of amides is 1. The van der Waals surface area contributed by atoms with E-state index < -0.39 is 23.8 Å². The zero-order valence-corrected chi connectivity index (χ0v) is 15.8. The molecule has 0 spiro atoms. The highest BCUT2D eigenvalue weighted by molar-refractivity contribution is 7.20. The van der Waals surface area contributed by atoms with E-state index in [1.807, 2.05) is 24.3 Å². The molecule has 0 unspecified atom stereocenters. The topological polar surface area (TPSA) is 55.4 Å². The van der Waals surface area contributed by atoms with Crippen molar-refractivity contribution in [3.05, 3.63) is 70.3 Å². The SMILES string of the molecule is C[C@H](OC(=O)/C=C/c1sc2ccccc2c1Cl)C(=O)Nc1ccccc1F. The van der Waals surface area contributed by atoms with E-state index >= 15 is 0 Å². The van der Waals surface area contributed by atoms with E-state index in [1.165, 1.54) is 42.5 Å². The van der Waals surface area contributed by atoms with E-state index in [0.717, 1.165) is 15.0 Å². The molecular weight excluding hydrogens is 389 g/mol. The number of hydrogen-bond acceptors (Lipinski definition) is 4. The molecule has 0 aliphatic carbocycles. The van der Waals surface area contributed by atoms with E-state index in [9.17, 15) is 14.0 Å². The van der Waals surface area contributed by atoms with Crippen LogP contribution in [0.15, 0.2) is 54.6 Å². The number of carbonyl (C=O) groups is 2. The maximum atomic E-state index is 13.6. The van der Waals surface area contributed by atoms with Crippen LogP contribution in [0.2, 0.25) is 5.02 Å². The van der Waals surface area contributed by atoms with Gasteiger partial charge in [0, 0.05) is 21.0 Å². The van der Waals surface area contributed by atoms with Crippen LogP contribution in [0.3, 0.4) is 0 Å². The molecular formula is C20H15ClFNO3S. The van der Waals surface area contributed by atoms with E-state index in [0.29, 0.717) is 5.02 Å². The van der Waals surface area contributed by atoms with Gasteiger partial charge in [-0.15, -0.1) is 11.3 Å². The van der Waals surface area contributed by atoms with Gasteiger partial charge in [-0.25, -0.2) is 9.18 Å². The minimum atomic E-state index is -1.08. The highest BCUT2D eigenvalue weighted by atomic mass is 35.5. The Morgan fingerprint density at radius 2 is 1.89 bits per heavy atom. The van der Waals surface area contributed by atoms with E-state index in [4.69, 9.17) is 16.3 Å². The standard InChI is InChI=1S/C20H15ClFNO3S/c1-12(20(25)23-15-8-4-3-7-14(15)22)26-18(24)11-10-17-19(21)13-6-2-5-9-16(13)27-17/h2-12H,1H3,(H,23,25)/b11-10+/t12-/m0/s1. The molecule has 1 amide bonds. The molecule has 138 valence electrons. The van der Waals surface area contributed by atoms with Crippen molar-refractivity contribution in [2.75, 3.05) is 5.32 Å². The fourth-order valence-corrected chi connectivity index (χ4v) is 3.75. The van der Waals surface area contributed by atoms with Gasteiger partial charge < -0.3 is 10.1 Å². The van der Waals surface area contributed by atoms with Gasteiger partial charge in [0.2, 0.25) is 0 Å². The minimum Gasteiger partial charge on any atom is -0.449 e. The first kappa shape index (κ1) is 19.1. The lowest BCUT2D eigenvalue weighted by Gasteiger charge is -2.12. The van der Waals surface area contributed by atoms with E-state index in [2.05, 4.69) is 5.32 Å².